The van der Waals surface area contributed by atoms with Crippen LogP contribution in [0.15, 0.2) is 42.6 Å². The van der Waals surface area contributed by atoms with E-state index in [1.807, 2.05) is 18.2 Å². The summed E-state index contributed by atoms with van der Waals surface area (Å²) in [7, 11) is 0. The van der Waals surface area contributed by atoms with Gasteiger partial charge in [0.2, 0.25) is 5.91 Å². The molecule has 0 bridgehead atoms. The maximum Gasteiger partial charge on any atom is 0.270 e. The van der Waals surface area contributed by atoms with Crippen molar-refractivity contribution in [2.45, 2.75) is 18.8 Å². The monoisotopic (exact) mass is 414 g/mol. The Balaban J connectivity index is 1.29. The van der Waals surface area contributed by atoms with Crippen LogP contribution in [-0.2, 0) is 4.79 Å². The highest BCUT2D eigenvalue weighted by Crippen LogP contribution is 2.33. The standard InChI is InChI=1S/C20H19ClN4O2S/c21-14-5-8-22-16(11-14)19(27)23-12-18(26)25-9-6-13(7-10-25)20-24-15-3-1-2-4-17(15)28-20/h1-5,8,11,13H,6-7,9-10,12H2,(H,23,27). The number of halogens is 1. The Morgan fingerprint density at radius 3 is 2.75 bits per heavy atom. The summed E-state index contributed by atoms with van der Waals surface area (Å²) in [6.45, 7) is 1.30. The minimum atomic E-state index is -0.403. The Kier molecular flexibility index (Phi) is 5.54. The zero-order chi connectivity index (χ0) is 19.5. The summed E-state index contributed by atoms with van der Waals surface area (Å²) in [5.41, 5.74) is 1.24. The zero-order valence-corrected chi connectivity index (χ0v) is 16.7. The van der Waals surface area contributed by atoms with Crippen molar-refractivity contribution in [3.05, 3.63) is 58.3 Å². The van der Waals surface area contributed by atoms with Crippen molar-refractivity contribution in [2.24, 2.45) is 0 Å². The number of likely N-dealkylation sites (tertiary alicyclic amines) is 1. The molecule has 28 heavy (non-hydrogen) atoms. The van der Waals surface area contributed by atoms with E-state index in [4.69, 9.17) is 16.6 Å². The first kappa shape index (κ1) is 18.8. The summed E-state index contributed by atoms with van der Waals surface area (Å²) in [6, 6.07) is 11.2. The molecule has 144 valence electrons. The first-order valence-electron chi connectivity index (χ1n) is 9.13. The number of carbonyl (C=O) groups excluding carboxylic acids is 2. The number of hydrogen-bond acceptors (Lipinski definition) is 5. The molecule has 1 saturated heterocycles. The fourth-order valence-corrected chi connectivity index (χ4v) is 4.62. The van der Waals surface area contributed by atoms with Gasteiger partial charge in [0.1, 0.15) is 5.69 Å². The number of nitrogens with zero attached hydrogens (tertiary/aromatic N) is 3. The van der Waals surface area contributed by atoms with E-state index in [1.54, 1.807) is 22.3 Å². The topological polar surface area (TPSA) is 75.2 Å². The fraction of sp³-hybridized carbons (Fsp3) is 0.300. The number of piperidine rings is 1. The number of para-hydroxylation sites is 1. The van der Waals surface area contributed by atoms with E-state index < -0.39 is 5.91 Å². The summed E-state index contributed by atoms with van der Waals surface area (Å²) in [5.74, 6) is -0.106. The molecule has 2 amide bonds. The SMILES string of the molecule is O=C(NCC(=O)N1CCC(c2nc3ccccc3s2)CC1)c1cc(Cl)ccn1. The minimum Gasteiger partial charge on any atom is -0.342 e. The maximum atomic E-state index is 12.4. The smallest absolute Gasteiger partial charge is 0.270 e. The van der Waals surface area contributed by atoms with E-state index in [9.17, 15) is 9.59 Å². The van der Waals surface area contributed by atoms with Crippen LogP contribution in [0.4, 0.5) is 0 Å². The Hall–Kier alpha value is -2.51. The molecule has 3 aromatic rings. The molecule has 4 rings (SSSR count). The first-order valence-corrected chi connectivity index (χ1v) is 10.3. The third kappa shape index (κ3) is 4.15. The second-order valence-electron chi connectivity index (χ2n) is 6.72. The molecule has 0 unspecified atom stereocenters. The van der Waals surface area contributed by atoms with Crippen molar-refractivity contribution in [3.8, 4) is 0 Å². The van der Waals surface area contributed by atoms with E-state index in [0.717, 1.165) is 23.4 Å². The van der Waals surface area contributed by atoms with Gasteiger partial charge in [-0.3, -0.25) is 14.6 Å². The van der Waals surface area contributed by atoms with Gasteiger partial charge in [0, 0.05) is 30.2 Å². The minimum absolute atomic E-state index is 0.0428. The molecular weight excluding hydrogens is 396 g/mol. The average molecular weight is 415 g/mol. The number of fused-ring (bicyclic) bond motifs is 1. The van der Waals surface area contributed by atoms with E-state index >= 15 is 0 Å². The number of pyridine rings is 1. The predicted octanol–water partition coefficient (Wildman–Crippen LogP) is 3.48. The van der Waals surface area contributed by atoms with Crippen LogP contribution in [0.1, 0.15) is 34.3 Å². The number of nitrogens with one attached hydrogen (secondary N) is 1. The molecule has 1 aliphatic rings. The third-order valence-electron chi connectivity index (χ3n) is 4.86. The molecule has 0 aliphatic carbocycles. The molecule has 1 fully saturated rings. The molecule has 1 aliphatic heterocycles. The fourth-order valence-electron chi connectivity index (χ4n) is 3.33. The second-order valence-corrected chi connectivity index (χ2v) is 8.22. The lowest BCUT2D eigenvalue weighted by molar-refractivity contribution is -0.131. The van der Waals surface area contributed by atoms with Gasteiger partial charge in [-0.25, -0.2) is 4.98 Å². The van der Waals surface area contributed by atoms with Gasteiger partial charge < -0.3 is 10.2 Å². The lowest BCUT2D eigenvalue weighted by Gasteiger charge is -2.31. The molecule has 0 saturated carbocycles. The molecule has 3 heterocycles. The summed E-state index contributed by atoms with van der Waals surface area (Å²) in [6.07, 6.45) is 3.23. The quantitative estimate of drug-likeness (QED) is 0.709. The Morgan fingerprint density at radius 2 is 2.00 bits per heavy atom. The van der Waals surface area contributed by atoms with Gasteiger partial charge in [-0.1, -0.05) is 23.7 Å². The Morgan fingerprint density at radius 1 is 1.21 bits per heavy atom. The van der Waals surface area contributed by atoms with Crippen LogP contribution < -0.4 is 5.32 Å². The van der Waals surface area contributed by atoms with E-state index in [2.05, 4.69) is 16.4 Å². The Labute approximate surface area is 171 Å². The summed E-state index contributed by atoms with van der Waals surface area (Å²) >= 11 is 7.60. The van der Waals surface area contributed by atoms with E-state index in [0.29, 0.717) is 24.0 Å². The van der Waals surface area contributed by atoms with Crippen molar-refractivity contribution < 1.29 is 9.59 Å². The molecule has 2 aromatic heterocycles. The van der Waals surface area contributed by atoms with E-state index in [-0.39, 0.29) is 18.1 Å². The van der Waals surface area contributed by atoms with Crippen molar-refractivity contribution >= 4 is 45.0 Å². The van der Waals surface area contributed by atoms with Gasteiger partial charge in [0.15, 0.2) is 0 Å². The predicted molar refractivity (Wildman–Crippen MR) is 110 cm³/mol. The molecule has 0 spiro atoms. The highest BCUT2D eigenvalue weighted by Gasteiger charge is 2.26. The number of carbonyl (C=O) groups is 2. The number of aromatic nitrogens is 2. The third-order valence-corrected chi connectivity index (χ3v) is 6.30. The summed E-state index contributed by atoms with van der Waals surface area (Å²) in [5, 5.41) is 4.20. The average Bonchev–Trinajstić information content (AvgIpc) is 3.16. The summed E-state index contributed by atoms with van der Waals surface area (Å²) < 4.78 is 1.20. The van der Waals surface area contributed by atoms with Crippen LogP contribution in [0.5, 0.6) is 0 Å². The first-order chi connectivity index (χ1) is 13.6. The molecule has 8 heteroatoms. The van der Waals surface area contributed by atoms with Gasteiger partial charge in [0.25, 0.3) is 5.91 Å². The van der Waals surface area contributed by atoms with Crippen LogP contribution in [0.25, 0.3) is 10.2 Å². The van der Waals surface area contributed by atoms with Crippen molar-refractivity contribution in [1.82, 2.24) is 20.2 Å². The number of amides is 2. The van der Waals surface area contributed by atoms with Crippen molar-refractivity contribution in [3.63, 3.8) is 0 Å². The molecule has 6 nitrogen and oxygen atoms in total. The molecule has 0 radical (unpaired) electrons. The molecule has 1 N–H and O–H groups in total. The summed E-state index contributed by atoms with van der Waals surface area (Å²) in [4.78, 5) is 35.0. The molecule has 0 atom stereocenters. The number of rotatable bonds is 4. The van der Waals surface area contributed by atoms with Crippen LogP contribution in [0.2, 0.25) is 5.02 Å². The highest BCUT2D eigenvalue weighted by atomic mass is 35.5. The van der Waals surface area contributed by atoms with Crippen molar-refractivity contribution in [1.29, 1.82) is 0 Å². The lowest BCUT2D eigenvalue weighted by atomic mass is 9.97. The van der Waals surface area contributed by atoms with Gasteiger partial charge in [-0.05, 0) is 37.1 Å². The van der Waals surface area contributed by atoms with Crippen LogP contribution in [-0.4, -0.2) is 46.3 Å². The Bertz CT molecular complexity index is 981. The van der Waals surface area contributed by atoms with E-state index in [1.165, 1.54) is 17.0 Å². The molecule has 1 aromatic carbocycles. The van der Waals surface area contributed by atoms with Gasteiger partial charge >= 0.3 is 0 Å². The second kappa shape index (κ2) is 8.24. The van der Waals surface area contributed by atoms with Crippen molar-refractivity contribution in [2.75, 3.05) is 19.6 Å². The largest absolute Gasteiger partial charge is 0.342 e. The molecular formula is C20H19ClN4O2S. The van der Waals surface area contributed by atoms with Crippen LogP contribution >= 0.6 is 22.9 Å². The van der Waals surface area contributed by atoms with Gasteiger partial charge in [-0.2, -0.15) is 0 Å². The lowest BCUT2D eigenvalue weighted by Crippen LogP contribution is -2.43. The van der Waals surface area contributed by atoms with Crippen LogP contribution in [0, 0.1) is 0 Å². The number of thiazole rings is 1. The normalized spacial score (nSPS) is 15.0. The highest BCUT2D eigenvalue weighted by molar-refractivity contribution is 7.18. The maximum absolute atomic E-state index is 12.4. The number of hydrogen-bond donors (Lipinski definition) is 1. The van der Waals surface area contributed by atoms with Crippen LogP contribution in [0.3, 0.4) is 0 Å². The van der Waals surface area contributed by atoms with Gasteiger partial charge in [-0.15, -0.1) is 11.3 Å². The van der Waals surface area contributed by atoms with Gasteiger partial charge in [0.05, 0.1) is 21.8 Å². The zero-order valence-electron chi connectivity index (χ0n) is 15.1. The number of benzene rings is 1.